The van der Waals surface area contributed by atoms with Crippen LogP contribution in [0.4, 0.5) is 11.4 Å². The molecule has 0 amide bonds. The molecule has 1 aliphatic rings. The van der Waals surface area contributed by atoms with Crippen LogP contribution in [0.25, 0.3) is 0 Å². The third kappa shape index (κ3) is 4.57. The number of hydrogen-bond acceptors (Lipinski definition) is 3. The van der Waals surface area contributed by atoms with Crippen LogP contribution in [0.2, 0.25) is 0 Å². The molecule has 1 aliphatic carbocycles. The quantitative estimate of drug-likeness (QED) is 0.579. The number of allylic oxidation sites excluding steroid dienone is 2. The highest BCUT2D eigenvalue weighted by molar-refractivity contribution is 5.53. The summed E-state index contributed by atoms with van der Waals surface area (Å²) in [7, 11) is 0. The predicted molar refractivity (Wildman–Crippen MR) is 120 cm³/mol. The molecule has 0 spiro atoms. The molecule has 1 aromatic rings. The largest absolute Gasteiger partial charge is 0.399 e. The zero-order chi connectivity index (χ0) is 20.2. The number of nitrogens with zero attached hydrogens (tertiary/aromatic N) is 1. The molecule has 2 rings (SSSR count). The van der Waals surface area contributed by atoms with E-state index in [1.165, 1.54) is 11.1 Å². The molecule has 0 saturated heterocycles. The highest BCUT2D eigenvalue weighted by Gasteiger charge is 2.45. The lowest BCUT2D eigenvalue weighted by Gasteiger charge is -2.52. The monoisotopic (exact) mass is 369 g/mol. The molecule has 0 aromatic heterocycles. The molecule has 1 fully saturated rings. The summed E-state index contributed by atoms with van der Waals surface area (Å²) in [4.78, 5) is 2.73. The molecule has 3 nitrogen and oxygen atoms in total. The van der Waals surface area contributed by atoms with Crippen molar-refractivity contribution in [3.63, 3.8) is 0 Å². The smallest absolute Gasteiger partial charge is 0.0495 e. The fraction of sp³-hybridized carbons (Fsp3) is 0.583. The average molecular weight is 370 g/mol. The minimum Gasteiger partial charge on any atom is -0.399 e. The van der Waals surface area contributed by atoms with Gasteiger partial charge in [-0.15, -0.1) is 0 Å². The Morgan fingerprint density at radius 1 is 1.04 bits per heavy atom. The van der Waals surface area contributed by atoms with Gasteiger partial charge >= 0.3 is 0 Å². The van der Waals surface area contributed by atoms with Crippen molar-refractivity contribution < 1.29 is 0 Å². The molecule has 0 radical (unpaired) electrons. The summed E-state index contributed by atoms with van der Waals surface area (Å²) in [5, 5.41) is 3.77. The Balaban J connectivity index is 2.29. The number of nitrogens with one attached hydrogen (secondary N) is 1. The molecule has 3 N–H and O–H groups in total. The highest BCUT2D eigenvalue weighted by atomic mass is 15.3. The third-order valence-electron chi connectivity index (χ3n) is 6.54. The molecule has 27 heavy (non-hydrogen) atoms. The molecule has 0 unspecified atom stereocenters. The summed E-state index contributed by atoms with van der Waals surface area (Å²) in [5.41, 5.74) is 10.7. The third-order valence-corrected chi connectivity index (χ3v) is 6.54. The standard InChI is InChI=1S/C24H39N3/c1-8-15-27(22-16-18(9-2)19(10-3)17-22)24(6,7)23(4,5)26-21-13-11-20(25)12-14-21/h9-14,22,26H,8,15-17,25H2,1-7H3/b18-9-,19-10-. The van der Waals surface area contributed by atoms with Crippen LogP contribution in [0.15, 0.2) is 47.6 Å². The summed E-state index contributed by atoms with van der Waals surface area (Å²) in [6.45, 7) is 17.1. The van der Waals surface area contributed by atoms with Crippen molar-refractivity contribution in [2.24, 2.45) is 0 Å². The Morgan fingerprint density at radius 2 is 1.56 bits per heavy atom. The molecule has 0 heterocycles. The van der Waals surface area contributed by atoms with Crippen molar-refractivity contribution in [3.8, 4) is 0 Å². The summed E-state index contributed by atoms with van der Waals surface area (Å²) < 4.78 is 0. The van der Waals surface area contributed by atoms with Gasteiger partial charge in [0.05, 0.1) is 0 Å². The van der Waals surface area contributed by atoms with Gasteiger partial charge in [-0.05, 0) is 103 Å². The lowest BCUT2D eigenvalue weighted by molar-refractivity contribution is 0.0313. The fourth-order valence-electron chi connectivity index (χ4n) is 4.27. The van der Waals surface area contributed by atoms with E-state index in [1.54, 1.807) is 0 Å². The topological polar surface area (TPSA) is 41.3 Å². The Labute approximate surface area is 166 Å². The Morgan fingerprint density at radius 3 is 2.00 bits per heavy atom. The molecule has 0 bridgehead atoms. The minimum atomic E-state index is -0.104. The summed E-state index contributed by atoms with van der Waals surface area (Å²) >= 11 is 0. The molecule has 0 aliphatic heterocycles. The molecule has 150 valence electrons. The van der Waals surface area contributed by atoms with E-state index in [-0.39, 0.29) is 11.1 Å². The van der Waals surface area contributed by atoms with E-state index in [9.17, 15) is 0 Å². The number of nitrogen functional groups attached to an aromatic ring is 1. The van der Waals surface area contributed by atoms with Gasteiger partial charge in [0.1, 0.15) is 0 Å². The zero-order valence-electron chi connectivity index (χ0n) is 18.4. The molecule has 0 atom stereocenters. The zero-order valence-corrected chi connectivity index (χ0v) is 18.4. The van der Waals surface area contributed by atoms with Crippen molar-refractivity contribution in [2.75, 3.05) is 17.6 Å². The van der Waals surface area contributed by atoms with E-state index in [0.717, 1.165) is 37.2 Å². The number of nitrogens with two attached hydrogens (primary N) is 1. The number of benzene rings is 1. The van der Waals surface area contributed by atoms with Crippen molar-refractivity contribution in [1.29, 1.82) is 0 Å². The molecular weight excluding hydrogens is 330 g/mol. The van der Waals surface area contributed by atoms with Gasteiger partial charge < -0.3 is 11.1 Å². The number of rotatable bonds is 7. The van der Waals surface area contributed by atoms with Gasteiger partial charge in [0.25, 0.3) is 0 Å². The molecular formula is C24H39N3. The Kier molecular flexibility index (Phi) is 6.80. The minimum absolute atomic E-state index is 0.0168. The highest BCUT2D eigenvalue weighted by Crippen LogP contribution is 2.40. The predicted octanol–water partition coefficient (Wildman–Crippen LogP) is 6.00. The average Bonchev–Trinajstić information content (AvgIpc) is 3.04. The summed E-state index contributed by atoms with van der Waals surface area (Å²) in [5.74, 6) is 0. The van der Waals surface area contributed by atoms with Crippen LogP contribution in [0.5, 0.6) is 0 Å². The SMILES string of the molecule is C/C=C1/CC(N(CCC)C(C)(C)C(C)(C)Nc2ccc(N)cc2)C/C1=C/C. The van der Waals surface area contributed by atoms with Crippen LogP contribution in [-0.2, 0) is 0 Å². The van der Waals surface area contributed by atoms with Crippen LogP contribution in [0, 0.1) is 0 Å². The maximum absolute atomic E-state index is 5.85. The van der Waals surface area contributed by atoms with Gasteiger partial charge in [-0.1, -0.05) is 19.1 Å². The lowest BCUT2D eigenvalue weighted by Crippen LogP contribution is -2.63. The Bertz CT molecular complexity index is 660. The van der Waals surface area contributed by atoms with Crippen molar-refractivity contribution in [2.45, 2.75) is 84.8 Å². The van der Waals surface area contributed by atoms with Gasteiger partial charge in [-0.3, -0.25) is 4.90 Å². The maximum atomic E-state index is 5.85. The van der Waals surface area contributed by atoms with Crippen molar-refractivity contribution in [3.05, 3.63) is 47.6 Å². The van der Waals surface area contributed by atoms with Gasteiger partial charge in [0.15, 0.2) is 0 Å². The van der Waals surface area contributed by atoms with Gasteiger partial charge in [0.2, 0.25) is 0 Å². The second-order valence-corrected chi connectivity index (χ2v) is 8.81. The second kappa shape index (κ2) is 8.52. The first-order valence-electron chi connectivity index (χ1n) is 10.4. The first-order chi connectivity index (χ1) is 12.7. The fourth-order valence-corrected chi connectivity index (χ4v) is 4.27. The van der Waals surface area contributed by atoms with E-state index in [1.807, 2.05) is 12.1 Å². The summed E-state index contributed by atoms with van der Waals surface area (Å²) in [6.07, 6.45) is 8.05. The first kappa shape index (κ1) is 21.6. The maximum Gasteiger partial charge on any atom is 0.0495 e. The van der Waals surface area contributed by atoms with Crippen molar-refractivity contribution in [1.82, 2.24) is 4.90 Å². The summed E-state index contributed by atoms with van der Waals surface area (Å²) in [6, 6.07) is 8.63. The lowest BCUT2D eigenvalue weighted by atomic mass is 9.79. The number of anilines is 2. The van der Waals surface area contributed by atoms with E-state index in [4.69, 9.17) is 5.73 Å². The van der Waals surface area contributed by atoms with Gasteiger partial charge in [-0.25, -0.2) is 0 Å². The molecule has 1 saturated carbocycles. The van der Waals surface area contributed by atoms with Crippen LogP contribution < -0.4 is 11.1 Å². The van der Waals surface area contributed by atoms with E-state index < -0.39 is 0 Å². The van der Waals surface area contributed by atoms with E-state index in [0.29, 0.717) is 6.04 Å². The first-order valence-corrected chi connectivity index (χ1v) is 10.4. The normalized spacial score (nSPS) is 19.4. The van der Waals surface area contributed by atoms with Gasteiger partial charge in [0, 0.05) is 28.5 Å². The van der Waals surface area contributed by atoms with Crippen LogP contribution in [0.3, 0.4) is 0 Å². The molecule has 3 heteroatoms. The van der Waals surface area contributed by atoms with Crippen LogP contribution in [-0.4, -0.2) is 28.6 Å². The van der Waals surface area contributed by atoms with Crippen molar-refractivity contribution >= 4 is 11.4 Å². The molecule has 1 aromatic carbocycles. The van der Waals surface area contributed by atoms with E-state index in [2.05, 4.69) is 83.0 Å². The van der Waals surface area contributed by atoms with Crippen LogP contribution in [0.1, 0.15) is 67.7 Å². The number of hydrogen-bond donors (Lipinski definition) is 2. The Hall–Kier alpha value is -1.74. The van der Waals surface area contributed by atoms with E-state index >= 15 is 0 Å². The van der Waals surface area contributed by atoms with Crippen LogP contribution >= 0.6 is 0 Å². The van der Waals surface area contributed by atoms with Gasteiger partial charge in [-0.2, -0.15) is 0 Å². The second-order valence-electron chi connectivity index (χ2n) is 8.81.